The highest BCUT2D eigenvalue weighted by Crippen LogP contribution is 2.25. The summed E-state index contributed by atoms with van der Waals surface area (Å²) in [5, 5.41) is 2.78. The van der Waals surface area contributed by atoms with Crippen LogP contribution in [0.15, 0.2) is 40.8 Å². The molecule has 3 rings (SSSR count). The average molecular weight is 315 g/mol. The minimum atomic E-state index is -0.268. The number of carbonyl (C=O) groups is 1. The first-order valence-corrected chi connectivity index (χ1v) is 6.85. The monoisotopic (exact) mass is 315 g/mol. The molecular formula is C15H13N3O3S. The number of benzene rings is 2. The minimum absolute atomic E-state index is 0.268. The van der Waals surface area contributed by atoms with Crippen LogP contribution in [0.2, 0.25) is 0 Å². The highest BCUT2D eigenvalue weighted by atomic mass is 32.1. The lowest BCUT2D eigenvalue weighted by atomic mass is 10.2. The van der Waals surface area contributed by atoms with Crippen molar-refractivity contribution in [2.75, 3.05) is 18.2 Å². The number of hydrogen-bond acceptors (Lipinski definition) is 5. The lowest BCUT2D eigenvalue weighted by Crippen LogP contribution is -2.11. The van der Waals surface area contributed by atoms with Gasteiger partial charge in [0.05, 0.1) is 18.3 Å². The van der Waals surface area contributed by atoms with Crippen LogP contribution in [0.1, 0.15) is 10.4 Å². The van der Waals surface area contributed by atoms with Crippen molar-refractivity contribution >= 4 is 40.6 Å². The van der Waals surface area contributed by atoms with Gasteiger partial charge >= 0.3 is 0 Å². The van der Waals surface area contributed by atoms with Crippen LogP contribution < -0.4 is 15.8 Å². The number of methoxy groups -OCH3 is 1. The Morgan fingerprint density at radius 2 is 2.14 bits per heavy atom. The molecule has 0 bridgehead atoms. The smallest absolute Gasteiger partial charge is 0.266 e. The van der Waals surface area contributed by atoms with Gasteiger partial charge in [-0.05, 0) is 42.5 Å². The van der Waals surface area contributed by atoms with Crippen molar-refractivity contribution in [1.29, 1.82) is 0 Å². The van der Waals surface area contributed by atoms with Crippen LogP contribution in [-0.2, 0) is 0 Å². The van der Waals surface area contributed by atoms with Crippen molar-refractivity contribution in [3.05, 3.63) is 46.8 Å². The Kier molecular flexibility index (Phi) is 3.56. The molecule has 1 heterocycles. The molecule has 3 aromatic rings. The number of rotatable bonds is 3. The quantitative estimate of drug-likeness (QED) is 0.509. The Morgan fingerprint density at radius 3 is 2.91 bits per heavy atom. The number of aromatic amines is 1. The van der Waals surface area contributed by atoms with E-state index in [0.717, 1.165) is 5.52 Å². The number of anilines is 2. The van der Waals surface area contributed by atoms with Gasteiger partial charge in [-0.3, -0.25) is 4.79 Å². The van der Waals surface area contributed by atoms with Gasteiger partial charge in [-0.15, -0.1) is 0 Å². The summed E-state index contributed by atoms with van der Waals surface area (Å²) < 4.78 is 10.4. The van der Waals surface area contributed by atoms with Gasteiger partial charge in [-0.1, -0.05) is 0 Å². The SMILES string of the molecule is COc1cc(NC(=O)c2ccc3[nH]c(=S)oc3c2)ccc1N. The fraction of sp³-hybridized carbons (Fsp3) is 0.0667. The van der Waals surface area contributed by atoms with E-state index >= 15 is 0 Å². The van der Waals surface area contributed by atoms with Gasteiger partial charge in [0.1, 0.15) is 5.75 Å². The molecule has 0 saturated heterocycles. The van der Waals surface area contributed by atoms with Crippen molar-refractivity contribution in [3.8, 4) is 5.75 Å². The summed E-state index contributed by atoms with van der Waals surface area (Å²) in [6.07, 6.45) is 0. The summed E-state index contributed by atoms with van der Waals surface area (Å²) in [6, 6.07) is 10.1. The Balaban J connectivity index is 1.87. The first kappa shape index (κ1) is 14.2. The molecule has 22 heavy (non-hydrogen) atoms. The summed E-state index contributed by atoms with van der Waals surface area (Å²) in [7, 11) is 1.52. The molecular weight excluding hydrogens is 302 g/mol. The second kappa shape index (κ2) is 5.53. The second-order valence-electron chi connectivity index (χ2n) is 4.64. The van der Waals surface area contributed by atoms with Crippen LogP contribution in [-0.4, -0.2) is 18.0 Å². The van der Waals surface area contributed by atoms with Gasteiger partial charge in [-0.2, -0.15) is 0 Å². The van der Waals surface area contributed by atoms with Gasteiger partial charge in [0.2, 0.25) is 0 Å². The van der Waals surface area contributed by atoms with Crippen molar-refractivity contribution in [2.24, 2.45) is 0 Å². The molecule has 6 nitrogen and oxygen atoms in total. The molecule has 4 N–H and O–H groups in total. The summed E-state index contributed by atoms with van der Waals surface area (Å²) in [5.74, 6) is 0.237. The van der Waals surface area contributed by atoms with E-state index in [9.17, 15) is 4.79 Å². The molecule has 0 aliphatic heterocycles. The molecule has 0 saturated carbocycles. The van der Waals surface area contributed by atoms with Crippen molar-refractivity contribution in [1.82, 2.24) is 4.98 Å². The Bertz CT molecular complexity index is 914. The Labute approximate surface area is 130 Å². The largest absolute Gasteiger partial charge is 0.495 e. The van der Waals surface area contributed by atoms with E-state index < -0.39 is 0 Å². The van der Waals surface area contributed by atoms with E-state index in [-0.39, 0.29) is 10.7 Å². The summed E-state index contributed by atoms with van der Waals surface area (Å²) >= 11 is 4.92. The number of ether oxygens (including phenoxy) is 1. The molecule has 0 unspecified atom stereocenters. The van der Waals surface area contributed by atoms with Gasteiger partial charge in [0.25, 0.3) is 10.7 Å². The highest BCUT2D eigenvalue weighted by Gasteiger charge is 2.10. The maximum Gasteiger partial charge on any atom is 0.266 e. The first-order chi connectivity index (χ1) is 10.6. The minimum Gasteiger partial charge on any atom is -0.495 e. The number of nitrogens with one attached hydrogen (secondary N) is 2. The van der Waals surface area contributed by atoms with Crippen molar-refractivity contribution in [2.45, 2.75) is 0 Å². The number of amides is 1. The predicted octanol–water partition coefficient (Wildman–Crippen LogP) is 3.33. The van der Waals surface area contributed by atoms with E-state index in [2.05, 4.69) is 10.3 Å². The van der Waals surface area contributed by atoms with Crippen LogP contribution in [0, 0.1) is 4.84 Å². The predicted molar refractivity (Wildman–Crippen MR) is 86.8 cm³/mol. The van der Waals surface area contributed by atoms with E-state index in [1.165, 1.54) is 7.11 Å². The molecule has 0 spiro atoms. The first-order valence-electron chi connectivity index (χ1n) is 6.44. The second-order valence-corrected chi connectivity index (χ2v) is 5.01. The Hall–Kier alpha value is -2.80. The highest BCUT2D eigenvalue weighted by molar-refractivity contribution is 7.71. The molecule has 1 amide bonds. The summed E-state index contributed by atoms with van der Waals surface area (Å²) in [4.78, 5) is 15.4. The molecule has 7 heteroatoms. The maximum atomic E-state index is 12.3. The fourth-order valence-corrected chi connectivity index (χ4v) is 2.28. The standard InChI is InChI=1S/C15H13N3O3S/c1-20-12-7-9(3-4-10(12)16)17-14(19)8-2-5-11-13(6-8)21-15(22)18-11/h2-7H,16H2,1H3,(H,17,19)(H,18,22). The van der Waals surface area contributed by atoms with Gasteiger partial charge in [0.15, 0.2) is 5.58 Å². The summed E-state index contributed by atoms with van der Waals surface area (Å²) in [6.45, 7) is 0. The van der Waals surface area contributed by atoms with Crippen LogP contribution in [0.5, 0.6) is 5.75 Å². The van der Waals surface area contributed by atoms with Crippen LogP contribution >= 0.6 is 12.2 Å². The number of oxazole rings is 1. The lowest BCUT2D eigenvalue weighted by molar-refractivity contribution is 0.102. The molecule has 2 aromatic carbocycles. The van der Waals surface area contributed by atoms with Crippen molar-refractivity contribution in [3.63, 3.8) is 0 Å². The van der Waals surface area contributed by atoms with E-state index in [4.69, 9.17) is 27.1 Å². The van der Waals surface area contributed by atoms with E-state index in [1.807, 2.05) is 0 Å². The number of hydrogen-bond donors (Lipinski definition) is 3. The number of nitrogens with two attached hydrogens (primary N) is 1. The molecule has 0 atom stereocenters. The number of carbonyl (C=O) groups excluding carboxylic acids is 1. The molecule has 112 valence electrons. The molecule has 0 aliphatic carbocycles. The zero-order valence-corrected chi connectivity index (χ0v) is 12.5. The third kappa shape index (κ3) is 2.66. The molecule has 0 fully saturated rings. The van der Waals surface area contributed by atoms with Crippen LogP contribution in [0.25, 0.3) is 11.1 Å². The van der Waals surface area contributed by atoms with Crippen LogP contribution in [0.3, 0.4) is 0 Å². The average Bonchev–Trinajstić information content (AvgIpc) is 2.88. The zero-order chi connectivity index (χ0) is 15.7. The normalized spacial score (nSPS) is 10.6. The van der Waals surface area contributed by atoms with E-state index in [0.29, 0.717) is 28.3 Å². The van der Waals surface area contributed by atoms with Crippen molar-refractivity contribution < 1.29 is 13.9 Å². The molecule has 1 aromatic heterocycles. The fourth-order valence-electron chi connectivity index (χ4n) is 2.08. The molecule has 0 aliphatic rings. The topological polar surface area (TPSA) is 93.3 Å². The third-order valence-corrected chi connectivity index (χ3v) is 3.36. The Morgan fingerprint density at radius 1 is 1.32 bits per heavy atom. The number of fused-ring (bicyclic) bond motifs is 1. The van der Waals surface area contributed by atoms with Gasteiger partial charge < -0.3 is 25.2 Å². The van der Waals surface area contributed by atoms with Gasteiger partial charge in [-0.25, -0.2) is 0 Å². The maximum absolute atomic E-state index is 12.3. The zero-order valence-electron chi connectivity index (χ0n) is 11.7. The number of H-pyrrole nitrogens is 1. The van der Waals surface area contributed by atoms with E-state index in [1.54, 1.807) is 36.4 Å². The van der Waals surface area contributed by atoms with Gasteiger partial charge in [0, 0.05) is 17.3 Å². The number of aromatic nitrogens is 1. The lowest BCUT2D eigenvalue weighted by Gasteiger charge is -2.09. The number of nitrogen functional groups attached to an aromatic ring is 1. The van der Waals surface area contributed by atoms with Crippen LogP contribution in [0.4, 0.5) is 11.4 Å². The summed E-state index contributed by atoms with van der Waals surface area (Å²) in [5.41, 5.74) is 8.58. The third-order valence-electron chi connectivity index (χ3n) is 3.17. The molecule has 0 radical (unpaired) electrons.